The lowest BCUT2D eigenvalue weighted by Gasteiger charge is -2.26. The number of urea groups is 1. The Kier molecular flexibility index (Phi) is 5.88. The lowest BCUT2D eigenvalue weighted by molar-refractivity contribution is 0.118. The van der Waals surface area contributed by atoms with Crippen molar-refractivity contribution in [2.24, 2.45) is 0 Å². The van der Waals surface area contributed by atoms with E-state index in [1.807, 2.05) is 24.3 Å². The van der Waals surface area contributed by atoms with Crippen molar-refractivity contribution in [1.82, 2.24) is 10.3 Å². The fourth-order valence-electron chi connectivity index (χ4n) is 2.74. The van der Waals surface area contributed by atoms with Gasteiger partial charge in [0, 0.05) is 16.6 Å². The molecule has 2 aromatic rings. The molecule has 0 aliphatic heterocycles. The smallest absolute Gasteiger partial charge is 0.319 e. The van der Waals surface area contributed by atoms with E-state index in [9.17, 15) is 9.90 Å². The van der Waals surface area contributed by atoms with Crippen LogP contribution in [0.3, 0.4) is 0 Å². The summed E-state index contributed by atoms with van der Waals surface area (Å²) in [5.74, 6) is 1.13. The van der Waals surface area contributed by atoms with Gasteiger partial charge in [-0.1, -0.05) is 22.0 Å². The van der Waals surface area contributed by atoms with Gasteiger partial charge in [0.05, 0.1) is 18.0 Å². The summed E-state index contributed by atoms with van der Waals surface area (Å²) in [6, 6.07) is 10.8. The van der Waals surface area contributed by atoms with Gasteiger partial charge in [0.1, 0.15) is 5.75 Å². The fourth-order valence-corrected chi connectivity index (χ4v) is 3.12. The number of rotatable bonds is 4. The maximum absolute atomic E-state index is 12.0. The van der Waals surface area contributed by atoms with Crippen LogP contribution in [0.5, 0.6) is 11.6 Å². The topological polar surface area (TPSA) is 83.5 Å². The number of amides is 2. The fraction of sp³-hybridized carbons (Fsp3) is 0.333. The van der Waals surface area contributed by atoms with E-state index in [1.54, 1.807) is 18.3 Å². The average Bonchev–Trinajstić information content (AvgIpc) is 2.59. The van der Waals surface area contributed by atoms with Crippen molar-refractivity contribution >= 4 is 27.6 Å². The second-order valence-corrected chi connectivity index (χ2v) is 6.96. The first kappa shape index (κ1) is 17.7. The minimum Gasteiger partial charge on any atom is -0.439 e. The monoisotopic (exact) mass is 405 g/mol. The summed E-state index contributed by atoms with van der Waals surface area (Å²) in [5.41, 5.74) is 0.593. The van der Waals surface area contributed by atoms with Gasteiger partial charge in [-0.2, -0.15) is 0 Å². The molecule has 1 heterocycles. The molecule has 1 saturated carbocycles. The maximum atomic E-state index is 12.0. The van der Waals surface area contributed by atoms with Crippen LogP contribution in [0.1, 0.15) is 25.7 Å². The molecule has 0 radical (unpaired) electrons. The van der Waals surface area contributed by atoms with Gasteiger partial charge in [-0.25, -0.2) is 9.78 Å². The summed E-state index contributed by atoms with van der Waals surface area (Å²) in [5, 5.41) is 15.2. The molecule has 7 heteroatoms. The predicted molar refractivity (Wildman–Crippen MR) is 98.9 cm³/mol. The number of aliphatic hydroxyl groups is 1. The van der Waals surface area contributed by atoms with Gasteiger partial charge >= 0.3 is 6.03 Å². The highest BCUT2D eigenvalue weighted by atomic mass is 79.9. The Morgan fingerprint density at radius 2 is 2.00 bits per heavy atom. The Morgan fingerprint density at radius 1 is 1.20 bits per heavy atom. The van der Waals surface area contributed by atoms with E-state index < -0.39 is 0 Å². The van der Waals surface area contributed by atoms with Crippen molar-refractivity contribution in [1.29, 1.82) is 0 Å². The number of hydrogen-bond donors (Lipinski definition) is 3. The van der Waals surface area contributed by atoms with Crippen LogP contribution in [0.25, 0.3) is 0 Å². The van der Waals surface area contributed by atoms with Crippen molar-refractivity contribution in [3.8, 4) is 11.6 Å². The number of halogens is 1. The third-order valence-corrected chi connectivity index (χ3v) is 4.54. The summed E-state index contributed by atoms with van der Waals surface area (Å²) < 4.78 is 6.58. The van der Waals surface area contributed by atoms with Crippen molar-refractivity contribution in [2.45, 2.75) is 37.8 Å². The number of aliphatic hydroxyl groups excluding tert-OH is 1. The predicted octanol–water partition coefficient (Wildman–Crippen LogP) is 4.06. The molecule has 0 bridgehead atoms. The highest BCUT2D eigenvalue weighted by molar-refractivity contribution is 9.10. The number of aromatic nitrogens is 1. The second-order valence-electron chi connectivity index (χ2n) is 6.05. The zero-order valence-electron chi connectivity index (χ0n) is 13.6. The minimum atomic E-state index is -0.260. The summed E-state index contributed by atoms with van der Waals surface area (Å²) in [7, 11) is 0. The number of nitrogens with zero attached hydrogens (tertiary/aromatic N) is 1. The van der Waals surface area contributed by atoms with Crippen molar-refractivity contribution < 1.29 is 14.6 Å². The Balaban J connectivity index is 1.51. The molecule has 6 nitrogen and oxygen atoms in total. The largest absolute Gasteiger partial charge is 0.439 e. The summed E-state index contributed by atoms with van der Waals surface area (Å²) in [4.78, 5) is 16.2. The number of ether oxygens (including phenoxy) is 1. The van der Waals surface area contributed by atoms with E-state index in [0.29, 0.717) is 17.3 Å². The molecule has 3 N–H and O–H groups in total. The van der Waals surface area contributed by atoms with E-state index in [0.717, 1.165) is 30.2 Å². The molecule has 0 spiro atoms. The van der Waals surface area contributed by atoms with Gasteiger partial charge in [0.25, 0.3) is 0 Å². The lowest BCUT2D eigenvalue weighted by atomic mass is 9.93. The van der Waals surface area contributed by atoms with Crippen molar-refractivity contribution in [2.75, 3.05) is 5.32 Å². The number of carbonyl (C=O) groups excluding carboxylic acids is 1. The molecule has 25 heavy (non-hydrogen) atoms. The number of hydrogen-bond acceptors (Lipinski definition) is 4. The van der Waals surface area contributed by atoms with Gasteiger partial charge in [-0.15, -0.1) is 0 Å². The molecule has 1 aliphatic rings. The Hall–Kier alpha value is -2.12. The third kappa shape index (κ3) is 5.44. The van der Waals surface area contributed by atoms with E-state index >= 15 is 0 Å². The Bertz CT molecular complexity index is 716. The molecule has 1 aromatic carbocycles. The van der Waals surface area contributed by atoms with Gasteiger partial charge in [-0.3, -0.25) is 0 Å². The van der Waals surface area contributed by atoms with Gasteiger partial charge in [0.2, 0.25) is 5.88 Å². The minimum absolute atomic E-state index is 0.107. The molecule has 0 unspecified atom stereocenters. The summed E-state index contributed by atoms with van der Waals surface area (Å²) >= 11 is 3.39. The van der Waals surface area contributed by atoms with Gasteiger partial charge in [-0.05, 0) is 49.9 Å². The standard InChI is InChI=1S/C18H20BrN3O3/c19-12-2-1-3-16(10-12)25-17-9-6-14(11-20-17)22-18(24)21-13-4-7-15(23)8-5-13/h1-3,6,9-11,13,15,23H,4-5,7-8H2,(H2,21,22,24). The summed E-state index contributed by atoms with van der Waals surface area (Å²) in [6.07, 6.45) is 4.38. The molecule has 1 fully saturated rings. The van der Waals surface area contributed by atoms with Crippen LogP contribution >= 0.6 is 15.9 Å². The Morgan fingerprint density at radius 3 is 2.68 bits per heavy atom. The zero-order chi connectivity index (χ0) is 17.6. The number of nitrogens with one attached hydrogen (secondary N) is 2. The summed E-state index contributed by atoms with van der Waals surface area (Å²) in [6.45, 7) is 0. The number of carbonyl (C=O) groups is 1. The quantitative estimate of drug-likeness (QED) is 0.715. The molecular formula is C18H20BrN3O3. The normalized spacial score (nSPS) is 19.9. The molecule has 3 rings (SSSR count). The van der Waals surface area contributed by atoms with E-state index in [4.69, 9.17) is 4.74 Å². The molecule has 1 aliphatic carbocycles. The number of pyridine rings is 1. The van der Waals surface area contributed by atoms with E-state index in [2.05, 4.69) is 31.5 Å². The highest BCUT2D eigenvalue weighted by Crippen LogP contribution is 2.23. The highest BCUT2D eigenvalue weighted by Gasteiger charge is 2.20. The number of anilines is 1. The third-order valence-electron chi connectivity index (χ3n) is 4.04. The molecule has 0 saturated heterocycles. The molecule has 0 atom stereocenters. The lowest BCUT2D eigenvalue weighted by Crippen LogP contribution is -2.40. The van der Waals surface area contributed by atoms with Crippen LogP contribution in [0.4, 0.5) is 10.5 Å². The first-order valence-corrected chi connectivity index (χ1v) is 9.03. The first-order chi connectivity index (χ1) is 12.1. The molecule has 2 amide bonds. The number of benzene rings is 1. The maximum Gasteiger partial charge on any atom is 0.319 e. The second kappa shape index (κ2) is 8.31. The van der Waals surface area contributed by atoms with Crippen LogP contribution in [0, 0.1) is 0 Å². The van der Waals surface area contributed by atoms with Crippen LogP contribution in [0.2, 0.25) is 0 Å². The molecule has 1 aromatic heterocycles. The zero-order valence-corrected chi connectivity index (χ0v) is 15.2. The van der Waals surface area contributed by atoms with Crippen LogP contribution < -0.4 is 15.4 Å². The van der Waals surface area contributed by atoms with Crippen LogP contribution in [0.15, 0.2) is 47.1 Å². The van der Waals surface area contributed by atoms with Crippen molar-refractivity contribution in [3.63, 3.8) is 0 Å². The van der Waals surface area contributed by atoms with E-state index in [1.165, 1.54) is 0 Å². The van der Waals surface area contributed by atoms with Crippen molar-refractivity contribution in [3.05, 3.63) is 47.1 Å². The average molecular weight is 406 g/mol. The first-order valence-electron chi connectivity index (χ1n) is 8.23. The molecular weight excluding hydrogens is 386 g/mol. The van der Waals surface area contributed by atoms with Crippen LogP contribution in [-0.2, 0) is 0 Å². The Labute approximate surface area is 154 Å². The van der Waals surface area contributed by atoms with Gasteiger partial charge < -0.3 is 20.5 Å². The molecule has 132 valence electrons. The van der Waals surface area contributed by atoms with Crippen LogP contribution in [-0.4, -0.2) is 28.3 Å². The van der Waals surface area contributed by atoms with Gasteiger partial charge in [0.15, 0.2) is 0 Å². The SMILES string of the molecule is O=C(Nc1ccc(Oc2cccc(Br)c2)nc1)NC1CCC(O)CC1. The van der Waals surface area contributed by atoms with E-state index in [-0.39, 0.29) is 18.2 Å².